The third-order valence-corrected chi connectivity index (χ3v) is 3.43. The number of hydrogen-bond donors (Lipinski definition) is 1. The number of thioether (sulfide) groups is 1. The van der Waals surface area contributed by atoms with Gasteiger partial charge in [-0.05, 0) is 38.0 Å². The summed E-state index contributed by atoms with van der Waals surface area (Å²) < 4.78 is 5.06. The van der Waals surface area contributed by atoms with Gasteiger partial charge in [0.25, 0.3) is 0 Å². The van der Waals surface area contributed by atoms with Gasteiger partial charge in [0, 0.05) is 5.75 Å². The summed E-state index contributed by atoms with van der Waals surface area (Å²) in [6.45, 7) is 9.72. The molecule has 1 unspecified atom stereocenters. The average Bonchev–Trinajstić information content (AvgIpc) is 2.28. The molecular weight excluding hydrogens is 234 g/mol. The van der Waals surface area contributed by atoms with Gasteiger partial charge in [-0.1, -0.05) is 20.8 Å². The standard InChI is InChI=1S/C13H27NO2S/c1-5-8-14-12(13(15)16-6-2)10-17-9-7-11(3)4/h11-12,14H,5-10H2,1-4H3. The van der Waals surface area contributed by atoms with Gasteiger partial charge in [-0.15, -0.1) is 0 Å². The Morgan fingerprint density at radius 1 is 1.35 bits per heavy atom. The molecule has 0 aliphatic carbocycles. The lowest BCUT2D eigenvalue weighted by atomic mass is 10.2. The Morgan fingerprint density at radius 3 is 2.59 bits per heavy atom. The van der Waals surface area contributed by atoms with Gasteiger partial charge >= 0.3 is 5.97 Å². The molecule has 17 heavy (non-hydrogen) atoms. The second-order valence-electron chi connectivity index (χ2n) is 4.52. The Hall–Kier alpha value is -0.220. The number of hydrogen-bond acceptors (Lipinski definition) is 4. The summed E-state index contributed by atoms with van der Waals surface area (Å²) in [7, 11) is 0. The Bertz CT molecular complexity index is 198. The van der Waals surface area contributed by atoms with E-state index in [-0.39, 0.29) is 12.0 Å². The maximum absolute atomic E-state index is 11.7. The fraction of sp³-hybridized carbons (Fsp3) is 0.923. The van der Waals surface area contributed by atoms with E-state index in [1.807, 2.05) is 18.7 Å². The monoisotopic (exact) mass is 261 g/mol. The SMILES string of the molecule is CCCNC(CSCCC(C)C)C(=O)OCC. The van der Waals surface area contributed by atoms with Crippen molar-refractivity contribution >= 4 is 17.7 Å². The molecule has 102 valence electrons. The summed E-state index contributed by atoms with van der Waals surface area (Å²) in [6, 6.07) is -0.146. The maximum Gasteiger partial charge on any atom is 0.323 e. The predicted octanol–water partition coefficient (Wildman–Crippen LogP) is 2.70. The first-order valence-corrected chi connectivity index (χ1v) is 7.75. The molecule has 0 saturated heterocycles. The number of nitrogens with one attached hydrogen (secondary N) is 1. The molecule has 3 nitrogen and oxygen atoms in total. The highest BCUT2D eigenvalue weighted by Crippen LogP contribution is 2.10. The van der Waals surface area contributed by atoms with Crippen LogP contribution in [0.25, 0.3) is 0 Å². The Morgan fingerprint density at radius 2 is 2.06 bits per heavy atom. The molecule has 0 spiro atoms. The molecule has 1 atom stereocenters. The summed E-state index contributed by atoms with van der Waals surface area (Å²) in [5.74, 6) is 2.54. The topological polar surface area (TPSA) is 38.3 Å². The average molecular weight is 261 g/mol. The van der Waals surface area contributed by atoms with Crippen LogP contribution in [0.1, 0.15) is 40.5 Å². The van der Waals surface area contributed by atoms with Crippen molar-refractivity contribution in [1.82, 2.24) is 5.32 Å². The minimum Gasteiger partial charge on any atom is -0.465 e. The maximum atomic E-state index is 11.7. The highest BCUT2D eigenvalue weighted by molar-refractivity contribution is 7.99. The molecule has 0 saturated carbocycles. The number of carbonyl (C=O) groups is 1. The van der Waals surface area contributed by atoms with Crippen molar-refractivity contribution in [3.63, 3.8) is 0 Å². The van der Waals surface area contributed by atoms with Crippen molar-refractivity contribution in [2.45, 2.75) is 46.6 Å². The zero-order valence-electron chi connectivity index (χ0n) is 11.6. The molecule has 1 N–H and O–H groups in total. The lowest BCUT2D eigenvalue weighted by molar-refractivity contribution is -0.144. The number of ether oxygens (including phenoxy) is 1. The van der Waals surface area contributed by atoms with Crippen molar-refractivity contribution < 1.29 is 9.53 Å². The van der Waals surface area contributed by atoms with Gasteiger partial charge in [0.05, 0.1) is 6.61 Å². The third kappa shape index (κ3) is 9.48. The molecular formula is C13H27NO2S. The van der Waals surface area contributed by atoms with Crippen LogP contribution in [0.5, 0.6) is 0 Å². The van der Waals surface area contributed by atoms with Crippen LogP contribution < -0.4 is 5.32 Å². The van der Waals surface area contributed by atoms with Gasteiger partial charge < -0.3 is 10.1 Å². The molecule has 0 aromatic carbocycles. The van der Waals surface area contributed by atoms with Crippen LogP contribution in [0.3, 0.4) is 0 Å². The Balaban J connectivity index is 3.88. The molecule has 0 radical (unpaired) electrons. The molecule has 0 aliphatic rings. The van der Waals surface area contributed by atoms with Gasteiger partial charge in [0.1, 0.15) is 6.04 Å². The minimum atomic E-state index is -0.146. The highest BCUT2D eigenvalue weighted by atomic mass is 32.2. The predicted molar refractivity (Wildman–Crippen MR) is 75.5 cm³/mol. The number of carbonyl (C=O) groups excluding carboxylic acids is 1. The van der Waals surface area contributed by atoms with Crippen LogP contribution in [0.15, 0.2) is 0 Å². The smallest absolute Gasteiger partial charge is 0.323 e. The minimum absolute atomic E-state index is 0.113. The largest absolute Gasteiger partial charge is 0.465 e. The lowest BCUT2D eigenvalue weighted by Gasteiger charge is -2.16. The molecule has 0 bridgehead atoms. The van der Waals surface area contributed by atoms with E-state index in [2.05, 4.69) is 26.1 Å². The molecule has 0 heterocycles. The zero-order valence-corrected chi connectivity index (χ0v) is 12.4. The van der Waals surface area contributed by atoms with Gasteiger partial charge in [-0.2, -0.15) is 11.8 Å². The van der Waals surface area contributed by atoms with Gasteiger partial charge in [-0.3, -0.25) is 4.79 Å². The van der Waals surface area contributed by atoms with E-state index in [0.717, 1.165) is 30.4 Å². The first-order chi connectivity index (χ1) is 8.11. The van der Waals surface area contributed by atoms with Crippen LogP contribution >= 0.6 is 11.8 Å². The summed E-state index contributed by atoms with van der Waals surface area (Å²) in [4.78, 5) is 11.7. The van der Waals surface area contributed by atoms with Crippen LogP contribution in [0.2, 0.25) is 0 Å². The molecule has 0 amide bonds. The molecule has 0 aliphatic heterocycles. The summed E-state index contributed by atoms with van der Waals surface area (Å²) in [5.41, 5.74) is 0. The molecule has 0 rings (SSSR count). The van der Waals surface area contributed by atoms with E-state index < -0.39 is 0 Å². The quantitative estimate of drug-likeness (QED) is 0.485. The highest BCUT2D eigenvalue weighted by Gasteiger charge is 2.18. The van der Waals surface area contributed by atoms with Crippen molar-refractivity contribution in [3.05, 3.63) is 0 Å². The van der Waals surface area contributed by atoms with E-state index >= 15 is 0 Å². The van der Waals surface area contributed by atoms with E-state index in [9.17, 15) is 4.79 Å². The molecule has 4 heteroatoms. The number of esters is 1. The molecule has 0 aromatic heterocycles. The van der Waals surface area contributed by atoms with Gasteiger partial charge in [0.2, 0.25) is 0 Å². The van der Waals surface area contributed by atoms with Crippen LogP contribution in [-0.4, -0.2) is 36.7 Å². The van der Waals surface area contributed by atoms with Crippen molar-refractivity contribution in [2.24, 2.45) is 5.92 Å². The fourth-order valence-corrected chi connectivity index (χ4v) is 2.59. The van der Waals surface area contributed by atoms with Crippen molar-refractivity contribution in [3.8, 4) is 0 Å². The van der Waals surface area contributed by atoms with Crippen LogP contribution in [0, 0.1) is 5.92 Å². The van der Waals surface area contributed by atoms with Gasteiger partial charge in [0.15, 0.2) is 0 Å². The summed E-state index contributed by atoms with van der Waals surface area (Å²) >= 11 is 1.83. The van der Waals surface area contributed by atoms with E-state index in [1.54, 1.807) is 0 Å². The molecule has 0 fully saturated rings. The van der Waals surface area contributed by atoms with Crippen LogP contribution in [-0.2, 0) is 9.53 Å². The number of rotatable bonds is 10. The van der Waals surface area contributed by atoms with E-state index in [0.29, 0.717) is 6.61 Å². The van der Waals surface area contributed by atoms with Crippen molar-refractivity contribution in [1.29, 1.82) is 0 Å². The van der Waals surface area contributed by atoms with Gasteiger partial charge in [-0.25, -0.2) is 0 Å². The fourth-order valence-electron chi connectivity index (χ4n) is 1.29. The first kappa shape index (κ1) is 16.8. The Labute approximate surface area is 110 Å². The van der Waals surface area contributed by atoms with E-state index in [1.165, 1.54) is 6.42 Å². The third-order valence-electron chi connectivity index (χ3n) is 2.34. The van der Waals surface area contributed by atoms with E-state index in [4.69, 9.17) is 4.74 Å². The Kier molecular flexibility index (Phi) is 10.8. The second-order valence-corrected chi connectivity index (χ2v) is 5.67. The summed E-state index contributed by atoms with van der Waals surface area (Å²) in [6.07, 6.45) is 2.24. The normalized spacial score (nSPS) is 12.8. The second kappa shape index (κ2) is 10.9. The zero-order chi connectivity index (χ0) is 13.1. The summed E-state index contributed by atoms with van der Waals surface area (Å²) in [5, 5.41) is 3.25. The van der Waals surface area contributed by atoms with Crippen molar-refractivity contribution in [2.75, 3.05) is 24.7 Å². The van der Waals surface area contributed by atoms with Crippen LogP contribution in [0.4, 0.5) is 0 Å². The lowest BCUT2D eigenvalue weighted by Crippen LogP contribution is -2.40. The molecule has 0 aromatic rings. The first-order valence-electron chi connectivity index (χ1n) is 6.59.